The normalized spacial score (nSPS) is 38.8. The van der Waals surface area contributed by atoms with E-state index in [1.807, 2.05) is 0 Å². The first-order chi connectivity index (χ1) is 8.27. The van der Waals surface area contributed by atoms with Crippen molar-refractivity contribution in [2.45, 2.75) is 59.8 Å². The van der Waals surface area contributed by atoms with Gasteiger partial charge >= 0.3 is 5.97 Å². The fraction of sp³-hybridized carbons (Fsp3) is 0.812. The number of hydrogen-bond acceptors (Lipinski definition) is 1. The van der Waals surface area contributed by atoms with Crippen LogP contribution < -0.4 is 0 Å². The van der Waals surface area contributed by atoms with Crippen molar-refractivity contribution in [2.75, 3.05) is 0 Å². The lowest BCUT2D eigenvalue weighted by Gasteiger charge is -2.56. The summed E-state index contributed by atoms with van der Waals surface area (Å²) in [6.07, 6.45) is 7.43. The molecule has 2 rings (SSSR count). The van der Waals surface area contributed by atoms with Crippen LogP contribution in [0.3, 0.4) is 0 Å². The van der Waals surface area contributed by atoms with Gasteiger partial charge in [0.2, 0.25) is 0 Å². The predicted molar refractivity (Wildman–Crippen MR) is 73.3 cm³/mol. The highest BCUT2D eigenvalue weighted by molar-refractivity contribution is 5.67. The Bertz CT molecular complexity index is 381. The molecule has 18 heavy (non-hydrogen) atoms. The van der Waals surface area contributed by atoms with Crippen molar-refractivity contribution >= 4 is 5.97 Å². The van der Waals surface area contributed by atoms with E-state index in [0.717, 1.165) is 6.42 Å². The molecular formula is C16H26O2. The first kappa shape index (κ1) is 13.6. The van der Waals surface area contributed by atoms with Gasteiger partial charge in [-0.3, -0.25) is 4.79 Å². The second kappa shape index (κ2) is 4.40. The van der Waals surface area contributed by atoms with Crippen LogP contribution in [-0.4, -0.2) is 11.1 Å². The molecule has 0 saturated heterocycles. The monoisotopic (exact) mass is 250 g/mol. The number of fused-ring (bicyclic) bond motifs is 1. The number of carbonyl (C=O) groups is 1. The average molecular weight is 250 g/mol. The van der Waals surface area contributed by atoms with Crippen LogP contribution in [0.1, 0.15) is 59.8 Å². The molecule has 1 saturated carbocycles. The molecule has 3 atom stereocenters. The predicted octanol–water partition coefficient (Wildman–Crippen LogP) is 4.26. The lowest BCUT2D eigenvalue weighted by Crippen LogP contribution is -2.48. The summed E-state index contributed by atoms with van der Waals surface area (Å²) in [5, 5.41) is 9.19. The molecule has 0 aromatic rings. The van der Waals surface area contributed by atoms with Gasteiger partial charge in [-0.25, -0.2) is 0 Å². The van der Waals surface area contributed by atoms with E-state index in [0.29, 0.717) is 17.8 Å². The minimum atomic E-state index is -0.655. The zero-order valence-corrected chi connectivity index (χ0v) is 12.1. The Balaban J connectivity index is 2.37. The first-order valence-corrected chi connectivity index (χ1v) is 7.16. The average Bonchev–Trinajstić information content (AvgIpc) is 2.22. The van der Waals surface area contributed by atoms with Gasteiger partial charge in [0, 0.05) is 0 Å². The fourth-order valence-corrected chi connectivity index (χ4v) is 4.71. The highest BCUT2D eigenvalue weighted by atomic mass is 16.4. The van der Waals surface area contributed by atoms with Gasteiger partial charge in [-0.1, -0.05) is 38.8 Å². The fourth-order valence-electron chi connectivity index (χ4n) is 4.71. The van der Waals surface area contributed by atoms with Crippen LogP contribution in [0, 0.1) is 22.7 Å². The second-order valence-corrected chi connectivity index (χ2v) is 7.23. The van der Waals surface area contributed by atoms with Crippen molar-refractivity contribution in [1.29, 1.82) is 0 Å². The van der Waals surface area contributed by atoms with E-state index >= 15 is 0 Å². The van der Waals surface area contributed by atoms with Gasteiger partial charge in [0.1, 0.15) is 0 Å². The number of hydrogen-bond donors (Lipinski definition) is 1. The maximum Gasteiger partial charge on any atom is 0.303 e. The van der Waals surface area contributed by atoms with Crippen molar-refractivity contribution in [3.8, 4) is 0 Å². The van der Waals surface area contributed by atoms with E-state index in [4.69, 9.17) is 0 Å². The van der Waals surface area contributed by atoms with Crippen molar-refractivity contribution in [3.05, 3.63) is 11.6 Å². The molecule has 0 aromatic heterocycles. The van der Waals surface area contributed by atoms with Crippen LogP contribution in [0.2, 0.25) is 0 Å². The third-order valence-electron chi connectivity index (χ3n) is 5.68. The third kappa shape index (κ3) is 2.10. The summed E-state index contributed by atoms with van der Waals surface area (Å²) in [5.74, 6) is 0.207. The van der Waals surface area contributed by atoms with Gasteiger partial charge in [0.25, 0.3) is 0 Å². The lowest BCUT2D eigenvalue weighted by atomic mass is 9.48. The third-order valence-corrected chi connectivity index (χ3v) is 5.68. The number of allylic oxidation sites excluding steroid dienone is 2. The van der Waals surface area contributed by atoms with Crippen molar-refractivity contribution in [3.63, 3.8) is 0 Å². The molecule has 0 radical (unpaired) electrons. The second-order valence-electron chi connectivity index (χ2n) is 7.23. The van der Waals surface area contributed by atoms with E-state index in [1.54, 1.807) is 0 Å². The van der Waals surface area contributed by atoms with Gasteiger partial charge < -0.3 is 5.11 Å². The van der Waals surface area contributed by atoms with Crippen LogP contribution in [0.5, 0.6) is 0 Å². The van der Waals surface area contributed by atoms with E-state index < -0.39 is 5.97 Å². The molecule has 0 amide bonds. The van der Waals surface area contributed by atoms with Crippen molar-refractivity contribution in [2.24, 2.45) is 22.7 Å². The van der Waals surface area contributed by atoms with Crippen LogP contribution >= 0.6 is 0 Å². The smallest absolute Gasteiger partial charge is 0.303 e. The summed E-state index contributed by atoms with van der Waals surface area (Å²) in [6, 6.07) is 0. The molecule has 2 aliphatic rings. The Morgan fingerprint density at radius 1 is 1.39 bits per heavy atom. The van der Waals surface area contributed by atoms with E-state index in [1.165, 1.54) is 24.8 Å². The van der Waals surface area contributed by atoms with Gasteiger partial charge in [-0.2, -0.15) is 0 Å². The van der Waals surface area contributed by atoms with E-state index in [9.17, 15) is 9.90 Å². The van der Waals surface area contributed by atoms with Crippen LogP contribution in [-0.2, 0) is 4.79 Å². The minimum absolute atomic E-state index is 0.180. The molecule has 0 bridgehead atoms. The van der Waals surface area contributed by atoms with Gasteiger partial charge in [0.05, 0.1) is 6.42 Å². The van der Waals surface area contributed by atoms with Crippen LogP contribution in [0.4, 0.5) is 0 Å². The SMILES string of the molecule is CC1=CCC2C(C)(C)CCC[C@]2(C)[C@H]1CC(=O)O. The molecule has 0 heterocycles. The van der Waals surface area contributed by atoms with Gasteiger partial charge in [-0.15, -0.1) is 0 Å². The standard InChI is InChI=1S/C16H26O2/c1-11-6-7-13-15(2,3)8-5-9-16(13,4)12(11)10-14(17)18/h6,12-13H,5,7-10H2,1-4H3,(H,17,18)/t12-,13?,16+/m0/s1. The maximum absolute atomic E-state index is 11.2. The molecule has 0 aromatic carbocycles. The zero-order chi connectivity index (χ0) is 13.6. The molecule has 1 unspecified atom stereocenters. The van der Waals surface area contributed by atoms with Crippen molar-refractivity contribution < 1.29 is 9.90 Å². The summed E-state index contributed by atoms with van der Waals surface area (Å²) >= 11 is 0. The molecule has 102 valence electrons. The van der Waals surface area contributed by atoms with Crippen LogP contribution in [0.25, 0.3) is 0 Å². The number of carboxylic acid groups (broad SMARTS) is 1. The number of rotatable bonds is 2. The van der Waals surface area contributed by atoms with Gasteiger partial charge in [0.15, 0.2) is 0 Å². The molecule has 2 aliphatic carbocycles. The summed E-state index contributed by atoms with van der Waals surface area (Å²) in [7, 11) is 0. The Kier molecular flexibility index (Phi) is 3.33. The summed E-state index contributed by atoms with van der Waals surface area (Å²) in [5.41, 5.74) is 1.83. The minimum Gasteiger partial charge on any atom is -0.481 e. The Morgan fingerprint density at radius 3 is 2.67 bits per heavy atom. The molecular weight excluding hydrogens is 224 g/mol. The molecule has 2 nitrogen and oxygen atoms in total. The summed E-state index contributed by atoms with van der Waals surface area (Å²) in [4.78, 5) is 11.2. The summed E-state index contributed by atoms with van der Waals surface area (Å²) in [6.45, 7) is 9.18. The Hall–Kier alpha value is -0.790. The topological polar surface area (TPSA) is 37.3 Å². The molecule has 0 aliphatic heterocycles. The molecule has 1 N–H and O–H groups in total. The van der Waals surface area contributed by atoms with E-state index in [-0.39, 0.29) is 11.3 Å². The Labute approximate surface area is 110 Å². The molecule has 1 fully saturated rings. The summed E-state index contributed by atoms with van der Waals surface area (Å²) < 4.78 is 0. The van der Waals surface area contributed by atoms with E-state index in [2.05, 4.69) is 33.8 Å². The molecule has 2 heteroatoms. The lowest BCUT2D eigenvalue weighted by molar-refractivity contribution is -0.140. The maximum atomic E-state index is 11.2. The zero-order valence-electron chi connectivity index (χ0n) is 12.1. The highest BCUT2D eigenvalue weighted by Crippen LogP contribution is 2.60. The number of carboxylic acids is 1. The quantitative estimate of drug-likeness (QED) is 0.743. The number of aliphatic carboxylic acids is 1. The molecule has 0 spiro atoms. The van der Waals surface area contributed by atoms with Crippen molar-refractivity contribution in [1.82, 2.24) is 0 Å². The highest BCUT2D eigenvalue weighted by Gasteiger charge is 2.52. The van der Waals surface area contributed by atoms with Gasteiger partial charge in [-0.05, 0) is 48.9 Å². The largest absolute Gasteiger partial charge is 0.481 e. The Morgan fingerprint density at radius 2 is 2.06 bits per heavy atom. The van der Waals surface area contributed by atoms with Crippen LogP contribution in [0.15, 0.2) is 11.6 Å². The first-order valence-electron chi connectivity index (χ1n) is 7.16.